The van der Waals surface area contributed by atoms with Gasteiger partial charge in [-0.05, 0) is 19.3 Å². The fraction of sp³-hybridized carbons (Fsp3) is 0.846. The summed E-state index contributed by atoms with van der Waals surface area (Å²) in [5.41, 5.74) is -1.05. The minimum absolute atomic E-state index is 0.156. The Morgan fingerprint density at radius 3 is 2.33 bits per heavy atom. The van der Waals surface area contributed by atoms with E-state index in [1.54, 1.807) is 0 Å². The Morgan fingerprint density at radius 2 is 1.83 bits per heavy atom. The minimum atomic E-state index is -1.05. The molecule has 1 amide bonds. The number of carbonyl (C=O) groups is 2. The van der Waals surface area contributed by atoms with Gasteiger partial charge in [-0.15, -0.1) is 0 Å². The van der Waals surface area contributed by atoms with Gasteiger partial charge in [0.15, 0.2) is 0 Å². The number of hydrogen-bond donors (Lipinski definition) is 2. The number of carboxylic acid groups (broad SMARTS) is 1. The van der Waals surface area contributed by atoms with E-state index >= 15 is 0 Å². The van der Waals surface area contributed by atoms with E-state index < -0.39 is 11.5 Å². The van der Waals surface area contributed by atoms with Crippen molar-refractivity contribution in [2.45, 2.75) is 50.5 Å². The lowest BCUT2D eigenvalue weighted by Gasteiger charge is -2.30. The molecule has 0 aromatic carbocycles. The second kappa shape index (κ2) is 5.69. The standard InChI is InChI=1S/C13H21NO4/c15-11(10-5-8-18-9-10)14-13(12(16)17)6-3-1-2-4-7-13/h10H,1-9H2,(H,14,15)(H,16,17). The summed E-state index contributed by atoms with van der Waals surface area (Å²) in [4.78, 5) is 23.6. The number of carbonyl (C=O) groups excluding carboxylic acids is 1. The molecule has 0 aromatic rings. The molecule has 2 N–H and O–H groups in total. The lowest BCUT2D eigenvalue weighted by molar-refractivity contribution is -0.149. The van der Waals surface area contributed by atoms with E-state index in [0.717, 1.165) is 25.7 Å². The third-order valence-electron chi connectivity index (χ3n) is 4.03. The molecule has 1 saturated carbocycles. The minimum Gasteiger partial charge on any atom is -0.480 e. The van der Waals surface area contributed by atoms with Crippen LogP contribution in [0.1, 0.15) is 44.9 Å². The van der Waals surface area contributed by atoms with Crippen molar-refractivity contribution in [2.24, 2.45) is 5.92 Å². The van der Waals surface area contributed by atoms with Crippen LogP contribution in [-0.2, 0) is 14.3 Å². The Labute approximate surface area is 107 Å². The van der Waals surface area contributed by atoms with Crippen LogP contribution in [0.5, 0.6) is 0 Å². The van der Waals surface area contributed by atoms with Crippen molar-refractivity contribution in [2.75, 3.05) is 13.2 Å². The molecule has 1 saturated heterocycles. The van der Waals surface area contributed by atoms with Crippen LogP contribution in [-0.4, -0.2) is 35.7 Å². The van der Waals surface area contributed by atoms with E-state index in [2.05, 4.69) is 5.32 Å². The van der Waals surface area contributed by atoms with Gasteiger partial charge in [-0.25, -0.2) is 4.79 Å². The maximum absolute atomic E-state index is 12.1. The number of carboxylic acids is 1. The predicted octanol–water partition coefficient (Wildman–Crippen LogP) is 1.32. The Bertz CT molecular complexity index is 315. The Balaban J connectivity index is 2.04. The molecule has 2 aliphatic rings. The van der Waals surface area contributed by atoms with E-state index in [4.69, 9.17) is 4.74 Å². The van der Waals surface area contributed by atoms with E-state index in [0.29, 0.717) is 32.5 Å². The van der Waals surface area contributed by atoms with Gasteiger partial charge in [0.25, 0.3) is 0 Å². The highest BCUT2D eigenvalue weighted by Gasteiger charge is 2.41. The molecule has 0 aromatic heterocycles. The molecule has 1 aliphatic heterocycles. The third kappa shape index (κ3) is 2.83. The van der Waals surface area contributed by atoms with Crippen molar-refractivity contribution in [1.29, 1.82) is 0 Å². The van der Waals surface area contributed by atoms with Crippen LogP contribution in [0.4, 0.5) is 0 Å². The second-order valence-corrected chi connectivity index (χ2v) is 5.35. The van der Waals surface area contributed by atoms with Crippen LogP contribution >= 0.6 is 0 Å². The van der Waals surface area contributed by atoms with Crippen molar-refractivity contribution in [3.8, 4) is 0 Å². The first-order valence-corrected chi connectivity index (χ1v) is 6.77. The number of ether oxygens (including phenoxy) is 1. The maximum atomic E-state index is 12.1. The second-order valence-electron chi connectivity index (χ2n) is 5.35. The molecular formula is C13H21NO4. The first kappa shape index (κ1) is 13.3. The molecule has 1 unspecified atom stereocenters. The summed E-state index contributed by atoms with van der Waals surface area (Å²) in [5.74, 6) is -1.22. The van der Waals surface area contributed by atoms with Gasteiger partial charge in [-0.2, -0.15) is 0 Å². The monoisotopic (exact) mass is 255 g/mol. The van der Waals surface area contributed by atoms with Crippen LogP contribution in [0.3, 0.4) is 0 Å². The number of rotatable bonds is 3. The van der Waals surface area contributed by atoms with Gasteiger partial charge in [-0.1, -0.05) is 25.7 Å². The molecule has 18 heavy (non-hydrogen) atoms. The average molecular weight is 255 g/mol. The Kier molecular flexibility index (Phi) is 4.22. The van der Waals surface area contributed by atoms with Crippen molar-refractivity contribution < 1.29 is 19.4 Å². The van der Waals surface area contributed by atoms with E-state index in [1.807, 2.05) is 0 Å². The smallest absolute Gasteiger partial charge is 0.329 e. The van der Waals surface area contributed by atoms with Gasteiger partial charge in [0.1, 0.15) is 5.54 Å². The number of amides is 1. The molecule has 0 spiro atoms. The van der Waals surface area contributed by atoms with Crippen LogP contribution in [0.2, 0.25) is 0 Å². The fourth-order valence-corrected chi connectivity index (χ4v) is 2.80. The van der Waals surface area contributed by atoms with E-state index in [9.17, 15) is 14.7 Å². The summed E-state index contributed by atoms with van der Waals surface area (Å²) >= 11 is 0. The molecule has 2 rings (SSSR count). The van der Waals surface area contributed by atoms with Gasteiger partial charge in [0.05, 0.1) is 12.5 Å². The molecule has 5 heteroatoms. The highest BCUT2D eigenvalue weighted by Crippen LogP contribution is 2.28. The van der Waals surface area contributed by atoms with Crippen molar-refractivity contribution >= 4 is 11.9 Å². The lowest BCUT2D eigenvalue weighted by Crippen LogP contribution is -2.55. The van der Waals surface area contributed by atoms with Crippen molar-refractivity contribution in [1.82, 2.24) is 5.32 Å². The van der Waals surface area contributed by atoms with Crippen molar-refractivity contribution in [3.05, 3.63) is 0 Å². The zero-order valence-corrected chi connectivity index (χ0v) is 10.6. The SMILES string of the molecule is O=C(NC1(C(=O)O)CCCCCC1)C1CCOC1. The van der Waals surface area contributed by atoms with Crippen LogP contribution < -0.4 is 5.32 Å². The number of hydrogen-bond acceptors (Lipinski definition) is 3. The topological polar surface area (TPSA) is 75.6 Å². The van der Waals surface area contributed by atoms with Gasteiger partial charge < -0.3 is 15.2 Å². The van der Waals surface area contributed by atoms with Crippen LogP contribution in [0.15, 0.2) is 0 Å². The largest absolute Gasteiger partial charge is 0.480 e. The Hall–Kier alpha value is -1.10. The molecule has 5 nitrogen and oxygen atoms in total. The first-order chi connectivity index (χ1) is 8.64. The average Bonchev–Trinajstić information content (AvgIpc) is 2.77. The molecule has 1 atom stereocenters. The summed E-state index contributed by atoms with van der Waals surface area (Å²) in [6.07, 6.45) is 5.63. The highest BCUT2D eigenvalue weighted by molar-refractivity contribution is 5.88. The summed E-state index contributed by atoms with van der Waals surface area (Å²) in [6.45, 7) is 1.01. The van der Waals surface area contributed by atoms with Gasteiger partial charge in [0, 0.05) is 6.61 Å². The summed E-state index contributed by atoms with van der Waals surface area (Å²) in [7, 11) is 0. The van der Waals surface area contributed by atoms with Gasteiger partial charge in [-0.3, -0.25) is 4.79 Å². The maximum Gasteiger partial charge on any atom is 0.329 e. The summed E-state index contributed by atoms with van der Waals surface area (Å²) in [6, 6.07) is 0. The van der Waals surface area contributed by atoms with E-state index in [1.165, 1.54) is 0 Å². The Morgan fingerprint density at radius 1 is 1.17 bits per heavy atom. The lowest BCUT2D eigenvalue weighted by atomic mass is 9.89. The molecule has 1 aliphatic carbocycles. The number of nitrogens with one attached hydrogen (secondary N) is 1. The van der Waals surface area contributed by atoms with E-state index in [-0.39, 0.29) is 11.8 Å². The van der Waals surface area contributed by atoms with Crippen LogP contribution in [0, 0.1) is 5.92 Å². The van der Waals surface area contributed by atoms with Gasteiger partial charge >= 0.3 is 5.97 Å². The fourth-order valence-electron chi connectivity index (χ4n) is 2.80. The third-order valence-corrected chi connectivity index (χ3v) is 4.03. The molecule has 1 heterocycles. The number of aliphatic carboxylic acids is 1. The molecule has 0 bridgehead atoms. The zero-order valence-electron chi connectivity index (χ0n) is 10.6. The molecule has 2 fully saturated rings. The normalized spacial score (nSPS) is 27.4. The van der Waals surface area contributed by atoms with Crippen LogP contribution in [0.25, 0.3) is 0 Å². The summed E-state index contributed by atoms with van der Waals surface area (Å²) in [5, 5.41) is 12.3. The highest BCUT2D eigenvalue weighted by atomic mass is 16.5. The summed E-state index contributed by atoms with van der Waals surface area (Å²) < 4.78 is 5.18. The molecular weight excluding hydrogens is 234 g/mol. The molecule has 0 radical (unpaired) electrons. The zero-order chi connectivity index (χ0) is 13.0. The first-order valence-electron chi connectivity index (χ1n) is 6.77. The molecule has 102 valence electrons. The quantitative estimate of drug-likeness (QED) is 0.746. The van der Waals surface area contributed by atoms with Gasteiger partial charge in [0.2, 0.25) is 5.91 Å². The predicted molar refractivity (Wildman–Crippen MR) is 65.1 cm³/mol. The van der Waals surface area contributed by atoms with Crippen molar-refractivity contribution in [3.63, 3.8) is 0 Å².